The SMILES string of the molecule is CCC1OCCC1CNCc1ccc(C(=O)OC)cc1Br. The number of hydrogen-bond donors (Lipinski definition) is 1. The zero-order chi connectivity index (χ0) is 15.2. The monoisotopic (exact) mass is 355 g/mol. The minimum absolute atomic E-state index is 0.316. The first-order chi connectivity index (χ1) is 10.2. The Kier molecular flexibility index (Phi) is 6.21. The molecule has 1 fully saturated rings. The first-order valence-corrected chi connectivity index (χ1v) is 8.14. The molecule has 1 saturated heterocycles. The van der Waals surface area contributed by atoms with E-state index in [1.165, 1.54) is 7.11 Å². The van der Waals surface area contributed by atoms with Crippen molar-refractivity contribution in [1.29, 1.82) is 0 Å². The Labute approximate surface area is 134 Å². The number of carbonyl (C=O) groups is 1. The van der Waals surface area contributed by atoms with Gasteiger partial charge in [-0.1, -0.05) is 28.9 Å². The second kappa shape index (κ2) is 7.92. The molecule has 0 bridgehead atoms. The van der Waals surface area contributed by atoms with E-state index in [4.69, 9.17) is 9.47 Å². The molecule has 0 spiro atoms. The van der Waals surface area contributed by atoms with E-state index >= 15 is 0 Å². The van der Waals surface area contributed by atoms with Crippen molar-refractivity contribution in [3.8, 4) is 0 Å². The van der Waals surface area contributed by atoms with Gasteiger partial charge in [-0.25, -0.2) is 4.79 Å². The van der Waals surface area contributed by atoms with Gasteiger partial charge in [-0.15, -0.1) is 0 Å². The first-order valence-electron chi connectivity index (χ1n) is 7.34. The molecule has 5 heteroatoms. The zero-order valence-corrected chi connectivity index (χ0v) is 14.1. The zero-order valence-electron chi connectivity index (χ0n) is 12.5. The molecule has 0 aliphatic carbocycles. The van der Waals surface area contributed by atoms with Crippen molar-refractivity contribution in [2.75, 3.05) is 20.3 Å². The average molecular weight is 356 g/mol. The highest BCUT2D eigenvalue weighted by molar-refractivity contribution is 9.10. The molecule has 0 aromatic heterocycles. The van der Waals surface area contributed by atoms with Crippen molar-refractivity contribution in [3.63, 3.8) is 0 Å². The molecule has 2 unspecified atom stereocenters. The van der Waals surface area contributed by atoms with Crippen LogP contribution in [0.25, 0.3) is 0 Å². The van der Waals surface area contributed by atoms with Crippen LogP contribution in [-0.4, -0.2) is 32.3 Å². The number of ether oxygens (including phenoxy) is 2. The average Bonchev–Trinajstić information content (AvgIpc) is 2.95. The van der Waals surface area contributed by atoms with Gasteiger partial charge in [0.2, 0.25) is 0 Å². The predicted octanol–water partition coefficient (Wildman–Crippen LogP) is 3.14. The van der Waals surface area contributed by atoms with E-state index in [2.05, 4.69) is 28.2 Å². The summed E-state index contributed by atoms with van der Waals surface area (Å²) in [7, 11) is 1.39. The maximum Gasteiger partial charge on any atom is 0.337 e. The molecule has 0 radical (unpaired) electrons. The van der Waals surface area contributed by atoms with E-state index in [0.29, 0.717) is 17.6 Å². The largest absolute Gasteiger partial charge is 0.465 e. The molecule has 1 aliphatic heterocycles. The van der Waals surface area contributed by atoms with Crippen LogP contribution in [0.1, 0.15) is 35.7 Å². The molecule has 0 amide bonds. The molecule has 1 aliphatic rings. The predicted molar refractivity (Wildman–Crippen MR) is 85.3 cm³/mol. The fourth-order valence-electron chi connectivity index (χ4n) is 2.71. The van der Waals surface area contributed by atoms with Crippen LogP contribution in [-0.2, 0) is 16.0 Å². The lowest BCUT2D eigenvalue weighted by Gasteiger charge is -2.17. The summed E-state index contributed by atoms with van der Waals surface area (Å²) in [6, 6.07) is 5.54. The summed E-state index contributed by atoms with van der Waals surface area (Å²) < 4.78 is 11.3. The van der Waals surface area contributed by atoms with Gasteiger partial charge in [0.25, 0.3) is 0 Å². The van der Waals surface area contributed by atoms with E-state index in [0.717, 1.165) is 42.6 Å². The molecule has 2 rings (SSSR count). The van der Waals surface area contributed by atoms with Gasteiger partial charge >= 0.3 is 5.97 Å². The molecule has 1 aromatic carbocycles. The fraction of sp³-hybridized carbons (Fsp3) is 0.562. The van der Waals surface area contributed by atoms with Crippen LogP contribution in [0.4, 0.5) is 0 Å². The summed E-state index contributed by atoms with van der Waals surface area (Å²) in [5.74, 6) is 0.284. The highest BCUT2D eigenvalue weighted by atomic mass is 79.9. The minimum atomic E-state index is -0.316. The molecule has 0 saturated carbocycles. The Morgan fingerprint density at radius 3 is 3.00 bits per heavy atom. The summed E-state index contributed by atoms with van der Waals surface area (Å²) >= 11 is 3.51. The lowest BCUT2D eigenvalue weighted by atomic mass is 9.99. The van der Waals surface area contributed by atoms with Crippen molar-refractivity contribution in [1.82, 2.24) is 5.32 Å². The number of benzene rings is 1. The topological polar surface area (TPSA) is 47.6 Å². The highest BCUT2D eigenvalue weighted by Crippen LogP contribution is 2.23. The van der Waals surface area contributed by atoms with E-state index in [1.807, 2.05) is 6.07 Å². The number of carbonyl (C=O) groups excluding carboxylic acids is 1. The summed E-state index contributed by atoms with van der Waals surface area (Å²) in [5.41, 5.74) is 1.69. The maximum absolute atomic E-state index is 11.5. The molecule has 1 aromatic rings. The van der Waals surface area contributed by atoms with E-state index in [1.54, 1.807) is 12.1 Å². The fourth-order valence-corrected chi connectivity index (χ4v) is 3.22. The Morgan fingerprint density at radius 2 is 2.33 bits per heavy atom. The summed E-state index contributed by atoms with van der Waals surface area (Å²) in [6.45, 7) is 4.78. The molecule has 1 N–H and O–H groups in total. The number of methoxy groups -OCH3 is 1. The molecular weight excluding hydrogens is 334 g/mol. The lowest BCUT2D eigenvalue weighted by molar-refractivity contribution is 0.0600. The smallest absolute Gasteiger partial charge is 0.337 e. The van der Waals surface area contributed by atoms with Crippen molar-refractivity contribution >= 4 is 21.9 Å². The van der Waals surface area contributed by atoms with Gasteiger partial charge in [0.15, 0.2) is 0 Å². The molecule has 1 heterocycles. The third kappa shape index (κ3) is 4.28. The van der Waals surface area contributed by atoms with Crippen molar-refractivity contribution in [3.05, 3.63) is 33.8 Å². The van der Waals surface area contributed by atoms with Gasteiger partial charge in [-0.05, 0) is 36.5 Å². The highest BCUT2D eigenvalue weighted by Gasteiger charge is 2.26. The first kappa shape index (κ1) is 16.5. The Hall–Kier alpha value is -0.910. The van der Waals surface area contributed by atoms with E-state index < -0.39 is 0 Å². The van der Waals surface area contributed by atoms with Gasteiger partial charge in [-0.3, -0.25) is 0 Å². The summed E-state index contributed by atoms with van der Waals surface area (Å²) in [5, 5.41) is 3.49. The van der Waals surface area contributed by atoms with Crippen LogP contribution in [0.5, 0.6) is 0 Å². The van der Waals surface area contributed by atoms with Gasteiger partial charge in [0.05, 0.1) is 18.8 Å². The number of rotatable bonds is 6. The number of esters is 1. The quantitative estimate of drug-likeness (QED) is 0.796. The Morgan fingerprint density at radius 1 is 1.52 bits per heavy atom. The number of nitrogens with one attached hydrogen (secondary N) is 1. The summed E-state index contributed by atoms with van der Waals surface area (Å²) in [4.78, 5) is 11.5. The minimum Gasteiger partial charge on any atom is -0.465 e. The Balaban J connectivity index is 1.87. The molecule has 4 nitrogen and oxygen atoms in total. The van der Waals surface area contributed by atoms with Gasteiger partial charge in [-0.2, -0.15) is 0 Å². The van der Waals surface area contributed by atoms with Crippen LogP contribution in [0, 0.1) is 5.92 Å². The van der Waals surface area contributed by atoms with Crippen molar-refractivity contribution in [2.45, 2.75) is 32.4 Å². The van der Waals surface area contributed by atoms with Gasteiger partial charge in [0.1, 0.15) is 0 Å². The number of hydrogen-bond acceptors (Lipinski definition) is 4. The molecule has 116 valence electrons. The number of halogens is 1. The normalized spacial score (nSPS) is 21.5. The Bertz CT molecular complexity index is 492. The van der Waals surface area contributed by atoms with Gasteiger partial charge < -0.3 is 14.8 Å². The standard InChI is InChI=1S/C16H22BrNO3/c1-3-15-13(6-7-21-15)10-18-9-12-5-4-11(8-14(12)17)16(19)20-2/h4-5,8,13,15,18H,3,6-7,9-10H2,1-2H3. The van der Waals surface area contributed by atoms with Crippen LogP contribution >= 0.6 is 15.9 Å². The van der Waals surface area contributed by atoms with Crippen molar-refractivity contribution < 1.29 is 14.3 Å². The van der Waals surface area contributed by atoms with Crippen LogP contribution in [0.15, 0.2) is 22.7 Å². The van der Waals surface area contributed by atoms with Crippen LogP contribution in [0.2, 0.25) is 0 Å². The lowest BCUT2D eigenvalue weighted by Crippen LogP contribution is -2.28. The van der Waals surface area contributed by atoms with E-state index in [-0.39, 0.29) is 5.97 Å². The molecule has 2 atom stereocenters. The third-order valence-corrected chi connectivity index (χ3v) is 4.68. The molecule has 21 heavy (non-hydrogen) atoms. The third-order valence-electron chi connectivity index (χ3n) is 3.94. The van der Waals surface area contributed by atoms with Crippen molar-refractivity contribution in [2.24, 2.45) is 5.92 Å². The second-order valence-corrected chi connectivity index (χ2v) is 6.15. The van der Waals surface area contributed by atoms with E-state index in [9.17, 15) is 4.79 Å². The van der Waals surface area contributed by atoms with Crippen LogP contribution in [0.3, 0.4) is 0 Å². The second-order valence-electron chi connectivity index (χ2n) is 5.29. The van der Waals surface area contributed by atoms with Crippen LogP contribution < -0.4 is 5.32 Å². The van der Waals surface area contributed by atoms with Gasteiger partial charge in [0, 0.05) is 24.2 Å². The molecular formula is C16H22BrNO3. The summed E-state index contributed by atoms with van der Waals surface area (Å²) in [6.07, 6.45) is 2.60. The maximum atomic E-state index is 11.5.